The number of rotatable bonds is 5. The Kier molecular flexibility index (Phi) is 3.81. The zero-order valence-electron chi connectivity index (χ0n) is 12.0. The Labute approximate surface area is 123 Å². The predicted molar refractivity (Wildman–Crippen MR) is 82.4 cm³/mol. The van der Waals surface area contributed by atoms with Crippen LogP contribution in [0.15, 0.2) is 36.7 Å². The van der Waals surface area contributed by atoms with Gasteiger partial charge in [-0.2, -0.15) is 0 Å². The lowest BCUT2D eigenvalue weighted by molar-refractivity contribution is 0.102. The Bertz CT molecular complexity index is 635. The van der Waals surface area contributed by atoms with Crippen LogP contribution in [0.5, 0.6) is 0 Å². The molecule has 3 rings (SSSR count). The summed E-state index contributed by atoms with van der Waals surface area (Å²) < 4.78 is 0. The second-order valence-electron chi connectivity index (χ2n) is 5.21. The van der Waals surface area contributed by atoms with E-state index in [1.54, 1.807) is 6.07 Å². The van der Waals surface area contributed by atoms with Crippen molar-refractivity contribution >= 4 is 17.4 Å². The van der Waals surface area contributed by atoms with Crippen molar-refractivity contribution in [2.45, 2.75) is 32.2 Å². The number of aryl methyl sites for hydroxylation is 1. The van der Waals surface area contributed by atoms with Crippen LogP contribution >= 0.6 is 0 Å². The van der Waals surface area contributed by atoms with E-state index in [0.717, 1.165) is 24.9 Å². The van der Waals surface area contributed by atoms with Gasteiger partial charge in [0.05, 0.1) is 0 Å². The molecule has 2 N–H and O–H groups in total. The molecular weight excluding hydrogens is 264 g/mol. The van der Waals surface area contributed by atoms with E-state index in [1.807, 2.05) is 24.3 Å². The molecule has 0 bridgehead atoms. The highest BCUT2D eigenvalue weighted by Gasteiger charge is 2.21. The summed E-state index contributed by atoms with van der Waals surface area (Å²) >= 11 is 0. The van der Waals surface area contributed by atoms with Crippen molar-refractivity contribution in [2.24, 2.45) is 0 Å². The molecule has 1 aromatic carbocycles. The quantitative estimate of drug-likeness (QED) is 0.885. The molecule has 0 radical (unpaired) electrons. The van der Waals surface area contributed by atoms with Gasteiger partial charge in [0.15, 0.2) is 0 Å². The first-order chi connectivity index (χ1) is 10.2. The summed E-state index contributed by atoms with van der Waals surface area (Å²) in [6.07, 6.45) is 4.72. The summed E-state index contributed by atoms with van der Waals surface area (Å²) in [5.74, 6) is 0.486. The molecule has 1 aromatic heterocycles. The Morgan fingerprint density at radius 2 is 2.00 bits per heavy atom. The predicted octanol–water partition coefficient (Wildman–Crippen LogP) is 2.87. The van der Waals surface area contributed by atoms with Crippen LogP contribution in [0.25, 0.3) is 0 Å². The van der Waals surface area contributed by atoms with E-state index < -0.39 is 0 Å². The summed E-state index contributed by atoms with van der Waals surface area (Å²) in [7, 11) is 0. The van der Waals surface area contributed by atoms with Crippen LogP contribution in [0.2, 0.25) is 0 Å². The fraction of sp³-hybridized carbons (Fsp3) is 0.312. The van der Waals surface area contributed by atoms with Crippen molar-refractivity contribution in [1.82, 2.24) is 9.97 Å². The van der Waals surface area contributed by atoms with Gasteiger partial charge in [-0.1, -0.05) is 19.1 Å². The third-order valence-corrected chi connectivity index (χ3v) is 3.45. The second-order valence-corrected chi connectivity index (χ2v) is 5.21. The maximum atomic E-state index is 12.2. The SMILES string of the molecule is CCc1ccc(NC(=O)c2cc(NC3CC3)ncn2)cc1. The highest BCUT2D eigenvalue weighted by atomic mass is 16.1. The van der Waals surface area contributed by atoms with Crippen molar-refractivity contribution in [3.63, 3.8) is 0 Å². The van der Waals surface area contributed by atoms with Crippen molar-refractivity contribution in [3.05, 3.63) is 47.9 Å². The van der Waals surface area contributed by atoms with Gasteiger partial charge in [0.2, 0.25) is 0 Å². The number of hydrogen-bond donors (Lipinski definition) is 2. The first-order valence-electron chi connectivity index (χ1n) is 7.23. The van der Waals surface area contributed by atoms with Crippen LogP contribution in [0.4, 0.5) is 11.5 Å². The monoisotopic (exact) mass is 282 g/mol. The molecular formula is C16H18N4O. The molecule has 2 aromatic rings. The molecule has 5 nitrogen and oxygen atoms in total. The van der Waals surface area contributed by atoms with Crippen LogP contribution in [-0.2, 0) is 6.42 Å². The third kappa shape index (κ3) is 3.56. The van der Waals surface area contributed by atoms with E-state index in [-0.39, 0.29) is 5.91 Å². The Morgan fingerprint density at radius 1 is 1.24 bits per heavy atom. The van der Waals surface area contributed by atoms with E-state index in [2.05, 4.69) is 27.5 Å². The summed E-state index contributed by atoms with van der Waals surface area (Å²) in [4.78, 5) is 20.4. The third-order valence-electron chi connectivity index (χ3n) is 3.45. The van der Waals surface area contributed by atoms with Crippen LogP contribution in [0, 0.1) is 0 Å². The van der Waals surface area contributed by atoms with Crippen LogP contribution in [0.3, 0.4) is 0 Å². The lowest BCUT2D eigenvalue weighted by Crippen LogP contribution is -2.15. The van der Waals surface area contributed by atoms with Crippen molar-refractivity contribution in [3.8, 4) is 0 Å². The van der Waals surface area contributed by atoms with Crippen molar-refractivity contribution in [1.29, 1.82) is 0 Å². The largest absolute Gasteiger partial charge is 0.367 e. The molecule has 1 aliphatic carbocycles. The lowest BCUT2D eigenvalue weighted by atomic mass is 10.1. The summed E-state index contributed by atoms with van der Waals surface area (Å²) in [6.45, 7) is 2.10. The minimum Gasteiger partial charge on any atom is -0.367 e. The molecule has 108 valence electrons. The van der Waals surface area contributed by atoms with E-state index in [0.29, 0.717) is 17.6 Å². The molecule has 0 spiro atoms. The topological polar surface area (TPSA) is 66.9 Å². The van der Waals surface area contributed by atoms with Crippen LogP contribution in [0.1, 0.15) is 35.8 Å². The summed E-state index contributed by atoms with van der Waals surface area (Å²) in [5, 5.41) is 6.11. The van der Waals surface area contributed by atoms with Crippen molar-refractivity contribution < 1.29 is 4.79 Å². The van der Waals surface area contributed by atoms with E-state index >= 15 is 0 Å². The van der Waals surface area contributed by atoms with Gasteiger partial charge in [-0.15, -0.1) is 0 Å². The molecule has 1 saturated carbocycles. The zero-order chi connectivity index (χ0) is 14.7. The average molecular weight is 282 g/mol. The van der Waals surface area contributed by atoms with Gasteiger partial charge in [-0.25, -0.2) is 9.97 Å². The number of benzene rings is 1. The van der Waals surface area contributed by atoms with Crippen LogP contribution < -0.4 is 10.6 Å². The van der Waals surface area contributed by atoms with E-state index in [4.69, 9.17) is 0 Å². The number of anilines is 2. The first kappa shape index (κ1) is 13.5. The molecule has 1 amide bonds. The van der Waals surface area contributed by atoms with Gasteiger partial charge in [0, 0.05) is 17.8 Å². The Morgan fingerprint density at radius 3 is 2.67 bits per heavy atom. The van der Waals surface area contributed by atoms with E-state index in [9.17, 15) is 4.79 Å². The molecule has 1 aliphatic rings. The number of aromatic nitrogens is 2. The minimum atomic E-state index is -0.222. The Balaban J connectivity index is 1.68. The molecule has 0 unspecified atom stereocenters. The normalized spacial score (nSPS) is 13.8. The number of nitrogens with one attached hydrogen (secondary N) is 2. The second kappa shape index (κ2) is 5.91. The van der Waals surface area contributed by atoms with Crippen molar-refractivity contribution in [2.75, 3.05) is 10.6 Å². The summed E-state index contributed by atoms with van der Waals surface area (Å²) in [5.41, 5.74) is 2.38. The van der Waals surface area contributed by atoms with Gasteiger partial charge in [0.25, 0.3) is 5.91 Å². The molecule has 5 heteroatoms. The number of nitrogens with zero attached hydrogens (tertiary/aromatic N) is 2. The number of amides is 1. The molecule has 1 heterocycles. The fourth-order valence-electron chi connectivity index (χ4n) is 2.02. The van der Waals surface area contributed by atoms with Gasteiger partial charge >= 0.3 is 0 Å². The maximum Gasteiger partial charge on any atom is 0.274 e. The number of carbonyl (C=O) groups is 1. The highest BCUT2D eigenvalue weighted by molar-refractivity contribution is 6.03. The molecule has 0 saturated heterocycles. The molecule has 21 heavy (non-hydrogen) atoms. The number of carbonyl (C=O) groups excluding carboxylic acids is 1. The van der Waals surface area contributed by atoms with E-state index in [1.165, 1.54) is 11.9 Å². The van der Waals surface area contributed by atoms with Gasteiger partial charge in [-0.3, -0.25) is 4.79 Å². The highest BCUT2D eigenvalue weighted by Crippen LogP contribution is 2.23. The molecule has 0 aliphatic heterocycles. The van der Waals surface area contributed by atoms with Gasteiger partial charge in [0.1, 0.15) is 17.8 Å². The van der Waals surface area contributed by atoms with Gasteiger partial charge in [-0.05, 0) is 37.0 Å². The lowest BCUT2D eigenvalue weighted by Gasteiger charge is -2.07. The minimum absolute atomic E-state index is 0.222. The standard InChI is InChI=1S/C16H18N4O/c1-2-11-3-5-13(6-4-11)20-16(21)14-9-15(18-10-17-14)19-12-7-8-12/h3-6,9-10,12H,2,7-8H2,1H3,(H,20,21)(H,17,18,19). The van der Waals surface area contributed by atoms with Gasteiger partial charge < -0.3 is 10.6 Å². The van der Waals surface area contributed by atoms with Crippen LogP contribution in [-0.4, -0.2) is 21.9 Å². The summed E-state index contributed by atoms with van der Waals surface area (Å²) in [6, 6.07) is 10.0. The average Bonchev–Trinajstić information content (AvgIpc) is 3.32. The Hall–Kier alpha value is -2.43. The zero-order valence-corrected chi connectivity index (χ0v) is 12.0. The maximum absolute atomic E-state index is 12.2. The first-order valence-corrected chi connectivity index (χ1v) is 7.23. The smallest absolute Gasteiger partial charge is 0.274 e. The molecule has 1 fully saturated rings. The fourth-order valence-corrected chi connectivity index (χ4v) is 2.02. The number of hydrogen-bond acceptors (Lipinski definition) is 4. The molecule has 0 atom stereocenters.